The Labute approximate surface area is 152 Å². The van der Waals surface area contributed by atoms with Crippen LogP contribution in [0.4, 0.5) is 5.69 Å². The van der Waals surface area contributed by atoms with E-state index < -0.39 is 0 Å². The van der Waals surface area contributed by atoms with Gasteiger partial charge < -0.3 is 19.4 Å². The number of nitrogens with one attached hydrogen (secondary N) is 1. The molecule has 2 saturated heterocycles. The first-order valence-electron chi connectivity index (χ1n) is 9.44. The predicted octanol–water partition coefficient (Wildman–Crippen LogP) is 2.64. The number of aromatic amines is 1. The summed E-state index contributed by atoms with van der Waals surface area (Å²) in [7, 11) is 0. The summed E-state index contributed by atoms with van der Waals surface area (Å²) in [5, 5.41) is 0. The van der Waals surface area contributed by atoms with E-state index in [-0.39, 0.29) is 17.2 Å². The van der Waals surface area contributed by atoms with Gasteiger partial charge >= 0.3 is 0 Å². The molecule has 1 aromatic carbocycles. The smallest absolute Gasteiger partial charge is 0.271 e. The van der Waals surface area contributed by atoms with Crippen molar-refractivity contribution in [2.75, 3.05) is 31.3 Å². The topological polar surface area (TPSA) is 54.6 Å². The molecule has 1 spiro atoms. The van der Waals surface area contributed by atoms with Crippen LogP contribution in [0.1, 0.15) is 36.3 Å². The lowest BCUT2D eigenvalue weighted by molar-refractivity contribution is -0.228. The third kappa shape index (κ3) is 2.49. The maximum Gasteiger partial charge on any atom is 0.271 e. The third-order valence-corrected chi connectivity index (χ3v) is 6.31. The van der Waals surface area contributed by atoms with E-state index in [9.17, 15) is 4.79 Å². The van der Waals surface area contributed by atoms with E-state index in [1.54, 1.807) is 0 Å². The fraction of sp³-hybridized carbons (Fsp3) is 0.476. The molecule has 136 valence electrons. The van der Waals surface area contributed by atoms with Crippen LogP contribution in [0.5, 0.6) is 0 Å². The molecule has 3 fully saturated rings. The first-order chi connectivity index (χ1) is 12.7. The molecule has 3 heterocycles. The van der Waals surface area contributed by atoms with Gasteiger partial charge in [-0.25, -0.2) is 0 Å². The van der Waals surface area contributed by atoms with Crippen LogP contribution in [0, 0.1) is 0 Å². The Kier molecular flexibility index (Phi) is 3.69. The van der Waals surface area contributed by atoms with Crippen molar-refractivity contribution >= 4 is 5.69 Å². The lowest BCUT2D eigenvalue weighted by Crippen LogP contribution is -2.68. The number of nitrogens with zero attached hydrogens (tertiary/aromatic N) is 1. The van der Waals surface area contributed by atoms with Gasteiger partial charge in [0.25, 0.3) is 5.56 Å². The van der Waals surface area contributed by atoms with E-state index in [1.807, 2.05) is 6.20 Å². The Bertz CT molecular complexity index is 859. The van der Waals surface area contributed by atoms with Crippen LogP contribution < -0.4 is 10.5 Å². The Hall–Kier alpha value is -2.11. The van der Waals surface area contributed by atoms with Gasteiger partial charge in [0.15, 0.2) is 0 Å². The average Bonchev–Trinajstić information content (AvgIpc) is 3.43. The molecule has 1 N–H and O–H groups in total. The molecule has 3 aliphatic rings. The molecule has 2 unspecified atom stereocenters. The van der Waals surface area contributed by atoms with Crippen molar-refractivity contribution in [2.24, 2.45) is 0 Å². The van der Waals surface area contributed by atoms with Crippen LogP contribution in [-0.2, 0) is 9.47 Å². The van der Waals surface area contributed by atoms with E-state index in [2.05, 4.69) is 53.2 Å². The van der Waals surface area contributed by atoms with E-state index in [0.29, 0.717) is 31.7 Å². The zero-order valence-electron chi connectivity index (χ0n) is 15.0. The fourth-order valence-electron chi connectivity index (χ4n) is 4.45. The van der Waals surface area contributed by atoms with Crippen LogP contribution in [0.2, 0.25) is 0 Å². The summed E-state index contributed by atoms with van der Waals surface area (Å²) in [6.45, 7) is 4.73. The van der Waals surface area contributed by atoms with Crippen molar-refractivity contribution in [3.8, 4) is 0 Å². The van der Waals surface area contributed by atoms with Gasteiger partial charge in [0.2, 0.25) is 0 Å². The lowest BCUT2D eigenvalue weighted by Gasteiger charge is -2.53. The highest BCUT2D eigenvalue weighted by atomic mass is 16.6. The number of rotatable bonds is 3. The molecule has 0 bridgehead atoms. The van der Waals surface area contributed by atoms with Gasteiger partial charge in [0.1, 0.15) is 11.3 Å². The first kappa shape index (κ1) is 16.1. The van der Waals surface area contributed by atoms with Gasteiger partial charge in [-0.15, -0.1) is 0 Å². The van der Waals surface area contributed by atoms with Crippen LogP contribution in [-0.4, -0.2) is 43.0 Å². The minimum Gasteiger partial charge on any atom is -0.375 e. The number of hydrogen-bond donors (Lipinski definition) is 1. The maximum atomic E-state index is 12.6. The second-order valence-corrected chi connectivity index (χ2v) is 7.78. The molecule has 26 heavy (non-hydrogen) atoms. The number of H-pyrrole nitrogens is 1. The molecule has 0 radical (unpaired) electrons. The highest BCUT2D eigenvalue weighted by molar-refractivity contribution is 5.51. The highest BCUT2D eigenvalue weighted by Gasteiger charge is 2.50. The van der Waals surface area contributed by atoms with E-state index in [1.165, 1.54) is 11.1 Å². The van der Waals surface area contributed by atoms with Gasteiger partial charge in [0.05, 0.1) is 25.9 Å². The van der Waals surface area contributed by atoms with Crippen LogP contribution in [0.3, 0.4) is 0 Å². The second kappa shape index (κ2) is 5.96. The minimum absolute atomic E-state index is 0.0187. The molecule has 5 heteroatoms. The van der Waals surface area contributed by atoms with Gasteiger partial charge in [-0.1, -0.05) is 30.3 Å². The van der Waals surface area contributed by atoms with Crippen LogP contribution in [0.15, 0.2) is 47.4 Å². The summed E-state index contributed by atoms with van der Waals surface area (Å²) in [5.74, 6) is 1.05. The summed E-state index contributed by atoms with van der Waals surface area (Å²) < 4.78 is 11.4. The van der Waals surface area contributed by atoms with Crippen LogP contribution in [0.25, 0.3) is 0 Å². The van der Waals surface area contributed by atoms with Gasteiger partial charge in [-0.3, -0.25) is 4.79 Å². The van der Waals surface area contributed by atoms with Gasteiger partial charge in [0, 0.05) is 12.7 Å². The number of ether oxygens (including phenoxy) is 2. The normalized spacial score (nSPS) is 29.4. The average molecular weight is 352 g/mol. The molecule has 1 aromatic heterocycles. The Balaban J connectivity index is 1.42. The number of morpholine rings is 1. The maximum absolute atomic E-state index is 12.6. The molecule has 3 atom stereocenters. The first-order valence-corrected chi connectivity index (χ1v) is 9.44. The van der Waals surface area contributed by atoms with E-state index in [0.717, 1.165) is 18.7 Å². The molecular weight excluding hydrogens is 328 g/mol. The molecule has 5 nitrogen and oxygen atoms in total. The molecular formula is C21H24N2O3. The summed E-state index contributed by atoms with van der Waals surface area (Å²) in [4.78, 5) is 17.7. The number of benzene rings is 1. The van der Waals surface area contributed by atoms with Crippen molar-refractivity contribution in [1.29, 1.82) is 0 Å². The van der Waals surface area contributed by atoms with Gasteiger partial charge in [-0.05, 0) is 42.4 Å². The molecule has 1 saturated carbocycles. The van der Waals surface area contributed by atoms with Crippen LogP contribution >= 0.6 is 0 Å². The Morgan fingerprint density at radius 2 is 1.92 bits per heavy atom. The third-order valence-electron chi connectivity index (χ3n) is 6.31. The van der Waals surface area contributed by atoms with E-state index >= 15 is 0 Å². The summed E-state index contributed by atoms with van der Waals surface area (Å²) in [6.07, 6.45) is 3.04. The molecule has 1 aliphatic carbocycles. The van der Waals surface area contributed by atoms with Crippen molar-refractivity contribution in [2.45, 2.75) is 36.8 Å². The van der Waals surface area contributed by atoms with E-state index in [4.69, 9.17) is 9.47 Å². The highest BCUT2D eigenvalue weighted by Crippen LogP contribution is 2.54. The number of hydrogen-bond acceptors (Lipinski definition) is 4. The summed E-state index contributed by atoms with van der Waals surface area (Å²) in [5.41, 5.74) is 3.10. The zero-order valence-corrected chi connectivity index (χ0v) is 15.0. The molecule has 2 aliphatic heterocycles. The van der Waals surface area contributed by atoms with Crippen molar-refractivity contribution in [3.05, 3.63) is 64.1 Å². The lowest BCUT2D eigenvalue weighted by atomic mass is 9.90. The van der Waals surface area contributed by atoms with Gasteiger partial charge in [-0.2, -0.15) is 0 Å². The largest absolute Gasteiger partial charge is 0.375 e. The fourth-order valence-corrected chi connectivity index (χ4v) is 4.45. The number of pyridine rings is 1. The standard InChI is InChI=1S/C21H24N2O3/c1-14-21(12-25-13-21)26-8-7-23(14)19-9-16(11-22-20(19)24)18-10-17(18)15-5-3-2-4-6-15/h2-6,9,11,14,17-18H,7-8,10,12-13H2,1H3,(H,22,24)/t14-,17?,18?/m0/s1. The molecule has 5 rings (SSSR count). The summed E-state index contributed by atoms with van der Waals surface area (Å²) in [6, 6.07) is 12.9. The zero-order chi connectivity index (χ0) is 17.7. The minimum atomic E-state index is -0.257. The van der Waals surface area contributed by atoms with Crippen molar-refractivity contribution in [1.82, 2.24) is 4.98 Å². The van der Waals surface area contributed by atoms with Crippen molar-refractivity contribution < 1.29 is 9.47 Å². The monoisotopic (exact) mass is 352 g/mol. The molecule has 2 aromatic rings. The van der Waals surface area contributed by atoms with Crippen molar-refractivity contribution in [3.63, 3.8) is 0 Å². The number of anilines is 1. The quantitative estimate of drug-likeness (QED) is 0.923. The molecule has 0 amide bonds. The SMILES string of the molecule is C[C@@H]1N(c2cc(C3CC3c3ccccc3)c[nH]c2=O)CCOC12COC2. The Morgan fingerprint density at radius 1 is 1.15 bits per heavy atom. The second-order valence-electron chi connectivity index (χ2n) is 7.78. The summed E-state index contributed by atoms with van der Waals surface area (Å²) >= 11 is 0. The Morgan fingerprint density at radius 3 is 2.65 bits per heavy atom. The number of aromatic nitrogens is 1. The predicted molar refractivity (Wildman–Crippen MR) is 99.9 cm³/mol.